The third-order valence-corrected chi connectivity index (χ3v) is 8.05. The zero-order chi connectivity index (χ0) is 19.4. The van der Waals surface area contributed by atoms with Gasteiger partial charge in [0.05, 0.1) is 20.7 Å². The summed E-state index contributed by atoms with van der Waals surface area (Å²) in [6, 6.07) is 22.2. The lowest BCUT2D eigenvalue weighted by Crippen LogP contribution is -2.13. The van der Waals surface area contributed by atoms with Crippen molar-refractivity contribution >= 4 is 44.8 Å². The van der Waals surface area contributed by atoms with E-state index in [-0.39, 0.29) is 20.9 Å². The van der Waals surface area contributed by atoms with Crippen LogP contribution in [0.5, 0.6) is 0 Å². The normalized spacial score (nSPS) is 12.7. The summed E-state index contributed by atoms with van der Waals surface area (Å²) in [5.41, 5.74) is 2.13. The molecule has 6 heteroatoms. The first-order chi connectivity index (χ1) is 12.8. The highest BCUT2D eigenvalue weighted by atomic mass is 35.5. The van der Waals surface area contributed by atoms with E-state index in [2.05, 4.69) is 0 Å². The molecule has 0 aromatic heterocycles. The Labute approximate surface area is 174 Å². The molecule has 0 bridgehead atoms. The Balaban J connectivity index is 1.92. The summed E-state index contributed by atoms with van der Waals surface area (Å²) in [7, 11) is -3.54. The summed E-state index contributed by atoms with van der Waals surface area (Å²) in [6.45, 7) is 2.03. The summed E-state index contributed by atoms with van der Waals surface area (Å²) < 4.78 is 26.0. The monoisotopic (exact) mass is 436 g/mol. The number of aryl methyl sites for hydroxylation is 1. The number of hydrogen-bond donors (Lipinski definition) is 0. The van der Waals surface area contributed by atoms with Crippen LogP contribution >= 0.6 is 35.0 Å². The van der Waals surface area contributed by atoms with E-state index < -0.39 is 9.84 Å². The fraction of sp³-hybridized carbons (Fsp3) is 0.143. The van der Waals surface area contributed by atoms with Gasteiger partial charge in [-0.05, 0) is 42.8 Å². The summed E-state index contributed by atoms with van der Waals surface area (Å²) in [5.74, 6) is -0.0342. The Hall–Kier alpha value is -1.46. The van der Waals surface area contributed by atoms with Gasteiger partial charge >= 0.3 is 0 Å². The minimum atomic E-state index is -3.54. The summed E-state index contributed by atoms with van der Waals surface area (Å²) in [6.07, 6.45) is 0. The van der Waals surface area contributed by atoms with Crippen LogP contribution in [0.4, 0.5) is 0 Å². The van der Waals surface area contributed by atoms with Crippen LogP contribution in [0.3, 0.4) is 0 Å². The molecule has 0 saturated heterocycles. The zero-order valence-electron chi connectivity index (χ0n) is 14.6. The lowest BCUT2D eigenvalue weighted by molar-refractivity contribution is 0.595. The maximum atomic E-state index is 13.0. The van der Waals surface area contributed by atoms with Gasteiger partial charge in [0.2, 0.25) is 0 Å². The lowest BCUT2D eigenvalue weighted by Gasteiger charge is -2.18. The van der Waals surface area contributed by atoms with Crippen molar-refractivity contribution in [3.8, 4) is 0 Å². The second kappa shape index (κ2) is 8.70. The number of rotatable bonds is 6. The van der Waals surface area contributed by atoms with Crippen LogP contribution in [-0.4, -0.2) is 14.2 Å². The van der Waals surface area contributed by atoms with E-state index in [0.717, 1.165) is 10.5 Å². The Morgan fingerprint density at radius 2 is 1.56 bits per heavy atom. The third kappa shape index (κ3) is 5.29. The number of hydrogen-bond acceptors (Lipinski definition) is 3. The molecular formula is C21H18Cl2O2S2. The molecular weight excluding hydrogens is 419 g/mol. The van der Waals surface area contributed by atoms with E-state index >= 15 is 0 Å². The molecule has 2 nitrogen and oxygen atoms in total. The molecule has 27 heavy (non-hydrogen) atoms. The van der Waals surface area contributed by atoms with Crippen molar-refractivity contribution in [3.05, 3.63) is 94.0 Å². The predicted molar refractivity (Wildman–Crippen MR) is 115 cm³/mol. The average molecular weight is 437 g/mol. The molecule has 0 saturated carbocycles. The third-order valence-electron chi connectivity index (χ3n) is 4.09. The van der Waals surface area contributed by atoms with Gasteiger partial charge < -0.3 is 0 Å². The molecule has 0 aliphatic heterocycles. The van der Waals surface area contributed by atoms with Gasteiger partial charge in [-0.1, -0.05) is 71.2 Å². The minimum Gasteiger partial charge on any atom is -0.224 e. The van der Waals surface area contributed by atoms with Crippen LogP contribution in [0.15, 0.2) is 82.6 Å². The van der Waals surface area contributed by atoms with Crippen LogP contribution in [-0.2, 0) is 9.84 Å². The highest BCUT2D eigenvalue weighted by molar-refractivity contribution is 8.01. The fourth-order valence-electron chi connectivity index (χ4n) is 2.61. The van der Waals surface area contributed by atoms with Gasteiger partial charge in [0.15, 0.2) is 9.84 Å². The van der Waals surface area contributed by atoms with Crippen molar-refractivity contribution < 1.29 is 8.42 Å². The first-order valence-electron chi connectivity index (χ1n) is 8.31. The largest absolute Gasteiger partial charge is 0.224 e. The molecule has 3 aromatic carbocycles. The minimum absolute atomic E-state index is 0.0342. The summed E-state index contributed by atoms with van der Waals surface area (Å²) in [4.78, 5) is 1.21. The van der Waals surface area contributed by atoms with E-state index in [1.165, 1.54) is 23.8 Å². The van der Waals surface area contributed by atoms with E-state index in [9.17, 15) is 8.42 Å². The van der Waals surface area contributed by atoms with E-state index in [4.69, 9.17) is 23.2 Å². The molecule has 0 amide bonds. The molecule has 0 radical (unpaired) electrons. The average Bonchev–Trinajstić information content (AvgIpc) is 2.65. The molecule has 0 spiro atoms. The number of thioether (sulfide) groups is 1. The molecule has 0 fully saturated rings. The SMILES string of the molecule is Cc1ccc(S[C@@H](CS(=O)(=O)c2ccc(Cl)c(Cl)c2)c2ccccc2)cc1. The molecule has 0 heterocycles. The van der Waals surface area contributed by atoms with Gasteiger partial charge in [0.25, 0.3) is 0 Å². The first kappa shape index (κ1) is 20.3. The summed E-state index contributed by atoms with van der Waals surface area (Å²) >= 11 is 13.5. The molecule has 0 aliphatic rings. The topological polar surface area (TPSA) is 34.1 Å². The van der Waals surface area contributed by atoms with Crippen LogP contribution in [0, 0.1) is 6.92 Å². The maximum Gasteiger partial charge on any atom is 0.179 e. The van der Waals surface area contributed by atoms with Gasteiger partial charge in [-0.15, -0.1) is 11.8 Å². The van der Waals surface area contributed by atoms with Crippen molar-refractivity contribution in [2.24, 2.45) is 0 Å². The molecule has 0 aliphatic carbocycles. The molecule has 3 aromatic rings. The van der Waals surface area contributed by atoms with Crippen molar-refractivity contribution in [1.82, 2.24) is 0 Å². The van der Waals surface area contributed by atoms with Crippen LogP contribution in [0.2, 0.25) is 10.0 Å². The quantitative estimate of drug-likeness (QED) is 0.407. The number of halogens is 2. The van der Waals surface area contributed by atoms with Crippen molar-refractivity contribution in [3.63, 3.8) is 0 Å². The van der Waals surface area contributed by atoms with Gasteiger partial charge in [-0.2, -0.15) is 0 Å². The Morgan fingerprint density at radius 1 is 0.889 bits per heavy atom. The van der Waals surface area contributed by atoms with Crippen LogP contribution in [0.1, 0.15) is 16.4 Å². The predicted octanol–water partition coefficient (Wildman–Crippen LogP) is 6.61. The number of benzene rings is 3. The van der Waals surface area contributed by atoms with E-state index in [1.807, 2.05) is 61.5 Å². The lowest BCUT2D eigenvalue weighted by atomic mass is 10.2. The highest BCUT2D eigenvalue weighted by Crippen LogP contribution is 2.38. The maximum absolute atomic E-state index is 13.0. The summed E-state index contributed by atoms with van der Waals surface area (Å²) in [5, 5.41) is 0.331. The van der Waals surface area contributed by atoms with Crippen molar-refractivity contribution in [1.29, 1.82) is 0 Å². The van der Waals surface area contributed by atoms with Crippen LogP contribution < -0.4 is 0 Å². The molecule has 0 N–H and O–H groups in total. The zero-order valence-corrected chi connectivity index (χ0v) is 17.7. The molecule has 0 unspecified atom stereocenters. The Morgan fingerprint density at radius 3 is 2.19 bits per heavy atom. The van der Waals surface area contributed by atoms with Crippen molar-refractivity contribution in [2.45, 2.75) is 22.0 Å². The second-order valence-electron chi connectivity index (χ2n) is 6.19. The molecule has 3 rings (SSSR count). The van der Waals surface area contributed by atoms with Gasteiger partial charge in [-0.25, -0.2) is 8.42 Å². The van der Waals surface area contributed by atoms with E-state index in [1.54, 1.807) is 11.8 Å². The Kier molecular flexibility index (Phi) is 6.53. The second-order valence-corrected chi connectivity index (χ2v) is 10.3. The van der Waals surface area contributed by atoms with E-state index in [0.29, 0.717) is 5.02 Å². The first-order valence-corrected chi connectivity index (χ1v) is 11.6. The number of sulfone groups is 1. The highest BCUT2D eigenvalue weighted by Gasteiger charge is 2.24. The van der Waals surface area contributed by atoms with Gasteiger partial charge in [0.1, 0.15) is 0 Å². The van der Waals surface area contributed by atoms with Crippen molar-refractivity contribution in [2.75, 3.05) is 5.75 Å². The van der Waals surface area contributed by atoms with Gasteiger partial charge in [0, 0.05) is 10.1 Å². The van der Waals surface area contributed by atoms with Gasteiger partial charge in [-0.3, -0.25) is 0 Å². The fourth-order valence-corrected chi connectivity index (χ4v) is 6.06. The van der Waals surface area contributed by atoms with Crippen LogP contribution in [0.25, 0.3) is 0 Å². The molecule has 140 valence electrons. The Bertz CT molecular complexity index is 1020. The standard InChI is InChI=1S/C21H18Cl2O2S2/c1-15-7-9-17(10-8-15)26-21(16-5-3-2-4-6-16)14-27(24,25)18-11-12-19(22)20(23)13-18/h2-13,21H,14H2,1H3/t21-/m0/s1. The smallest absolute Gasteiger partial charge is 0.179 e. The molecule has 1 atom stereocenters.